The summed E-state index contributed by atoms with van der Waals surface area (Å²) in [5, 5.41) is 0. The first-order valence-electron chi connectivity index (χ1n) is 16.3. The lowest BCUT2D eigenvalue weighted by Crippen LogP contribution is -2.33. The van der Waals surface area contributed by atoms with Crippen LogP contribution in [0.2, 0.25) is 0 Å². The van der Waals surface area contributed by atoms with Crippen LogP contribution in [-0.2, 0) is 38.1 Å². The molecule has 0 N–H and O–H groups in total. The first kappa shape index (κ1) is 41.8. The van der Waals surface area contributed by atoms with Crippen molar-refractivity contribution in [1.29, 1.82) is 0 Å². The number of ether oxygens (including phenoxy) is 4. The summed E-state index contributed by atoms with van der Waals surface area (Å²) in [6.07, 6.45) is 4.82. The van der Waals surface area contributed by atoms with Gasteiger partial charge in [0, 0.05) is 26.2 Å². The quantitative estimate of drug-likeness (QED) is 0.0948. The number of carbonyl (C=O) groups is 4. The minimum atomic E-state index is -0.536. The van der Waals surface area contributed by atoms with Crippen molar-refractivity contribution >= 4 is 23.9 Å². The van der Waals surface area contributed by atoms with E-state index in [0.29, 0.717) is 26.2 Å². The van der Waals surface area contributed by atoms with E-state index in [1.165, 1.54) is 0 Å². The molecule has 0 bridgehead atoms. The predicted molar refractivity (Wildman–Crippen MR) is 173 cm³/mol. The van der Waals surface area contributed by atoms with Crippen molar-refractivity contribution in [3.8, 4) is 0 Å². The van der Waals surface area contributed by atoms with Gasteiger partial charge >= 0.3 is 23.9 Å². The van der Waals surface area contributed by atoms with Gasteiger partial charge in [-0.1, -0.05) is 12.8 Å². The van der Waals surface area contributed by atoms with E-state index in [0.717, 1.165) is 38.8 Å². The Labute approximate surface area is 267 Å². The molecule has 0 amide bonds. The van der Waals surface area contributed by atoms with Crippen LogP contribution in [-0.4, -0.2) is 95.3 Å². The first-order chi connectivity index (χ1) is 19.9. The average Bonchev–Trinajstić information content (AvgIpc) is 2.79. The van der Waals surface area contributed by atoms with Crippen molar-refractivity contribution < 1.29 is 38.1 Å². The molecule has 0 aromatic carbocycles. The highest BCUT2D eigenvalue weighted by molar-refractivity contribution is 5.71. The van der Waals surface area contributed by atoms with Crippen molar-refractivity contribution in [1.82, 2.24) is 9.80 Å². The SMILES string of the molecule is CC(C)(C)OC(=O)CCN(CCCCCCN(CCC(=O)OC(C)(C)C)CCC(=O)OC(C)(C)C)CCC(=O)OC(C)(C)C. The Hall–Kier alpha value is -2.20. The molecule has 0 heterocycles. The second kappa shape index (κ2) is 19.3. The number of esters is 4. The minimum Gasteiger partial charge on any atom is -0.460 e. The van der Waals surface area contributed by atoms with Crippen molar-refractivity contribution in [2.75, 3.05) is 39.3 Å². The molecule has 0 rings (SSSR count). The second-order valence-electron chi connectivity index (χ2n) is 15.4. The van der Waals surface area contributed by atoms with Crippen LogP contribution in [0.5, 0.6) is 0 Å². The number of hydrogen-bond donors (Lipinski definition) is 0. The lowest BCUT2D eigenvalue weighted by Gasteiger charge is -2.25. The van der Waals surface area contributed by atoms with Gasteiger partial charge in [0.05, 0.1) is 25.7 Å². The van der Waals surface area contributed by atoms with Crippen LogP contribution in [0.15, 0.2) is 0 Å². The number of rotatable bonds is 19. The molecule has 0 aromatic rings. The number of unbranched alkanes of at least 4 members (excludes halogenated alkanes) is 3. The van der Waals surface area contributed by atoms with Gasteiger partial charge in [0.1, 0.15) is 22.4 Å². The molecule has 0 aliphatic rings. The molecule has 0 unspecified atom stereocenters. The van der Waals surface area contributed by atoms with E-state index in [-0.39, 0.29) is 49.6 Å². The summed E-state index contributed by atoms with van der Waals surface area (Å²) in [7, 11) is 0. The molecule has 0 saturated heterocycles. The number of hydrogen-bond acceptors (Lipinski definition) is 10. The van der Waals surface area contributed by atoms with Gasteiger partial charge in [-0.2, -0.15) is 0 Å². The Bertz CT molecular complexity index is 740. The van der Waals surface area contributed by atoms with Gasteiger partial charge in [-0.05, 0) is 109 Å². The lowest BCUT2D eigenvalue weighted by molar-refractivity contribution is -0.157. The summed E-state index contributed by atoms with van der Waals surface area (Å²) in [6, 6.07) is 0. The molecule has 0 fully saturated rings. The van der Waals surface area contributed by atoms with E-state index in [4.69, 9.17) is 18.9 Å². The molecule has 10 heteroatoms. The summed E-state index contributed by atoms with van der Waals surface area (Å²) < 4.78 is 21.8. The van der Waals surface area contributed by atoms with Crippen LogP contribution < -0.4 is 0 Å². The van der Waals surface area contributed by atoms with Crippen LogP contribution in [0, 0.1) is 0 Å². The highest BCUT2D eigenvalue weighted by Crippen LogP contribution is 2.14. The number of nitrogens with zero attached hydrogens (tertiary/aromatic N) is 2. The summed E-state index contributed by atoms with van der Waals surface area (Å²) in [5.74, 6) is -1.01. The monoisotopic (exact) mass is 628 g/mol. The second-order valence-corrected chi connectivity index (χ2v) is 15.4. The van der Waals surface area contributed by atoms with E-state index in [1.54, 1.807) is 0 Å². The topological polar surface area (TPSA) is 112 Å². The average molecular weight is 629 g/mol. The summed E-state index contributed by atoms with van der Waals surface area (Å²) in [6.45, 7) is 25.8. The van der Waals surface area contributed by atoms with Crippen molar-refractivity contribution in [3.05, 3.63) is 0 Å². The number of carbonyl (C=O) groups excluding carboxylic acids is 4. The fourth-order valence-electron chi connectivity index (χ4n) is 4.26. The molecular weight excluding hydrogens is 564 g/mol. The maximum absolute atomic E-state index is 12.3. The van der Waals surface area contributed by atoms with E-state index in [2.05, 4.69) is 9.80 Å². The zero-order valence-corrected chi connectivity index (χ0v) is 30.1. The fourth-order valence-corrected chi connectivity index (χ4v) is 4.26. The predicted octanol–water partition coefficient (Wildman–Crippen LogP) is 6.08. The molecule has 0 aromatic heterocycles. The third-order valence-electron chi connectivity index (χ3n) is 5.91. The van der Waals surface area contributed by atoms with Crippen molar-refractivity contribution in [2.24, 2.45) is 0 Å². The smallest absolute Gasteiger partial charge is 0.307 e. The Kier molecular flexibility index (Phi) is 18.4. The van der Waals surface area contributed by atoms with Crippen molar-refractivity contribution in [3.63, 3.8) is 0 Å². The van der Waals surface area contributed by atoms with Gasteiger partial charge < -0.3 is 28.7 Å². The van der Waals surface area contributed by atoms with Crippen molar-refractivity contribution in [2.45, 2.75) is 157 Å². The normalized spacial score (nSPS) is 12.8. The largest absolute Gasteiger partial charge is 0.460 e. The molecule has 0 saturated carbocycles. The van der Waals surface area contributed by atoms with Gasteiger partial charge in [0.25, 0.3) is 0 Å². The van der Waals surface area contributed by atoms with Crippen LogP contribution in [0.3, 0.4) is 0 Å². The Balaban J connectivity index is 4.90. The van der Waals surface area contributed by atoms with Crippen LogP contribution in [0.4, 0.5) is 0 Å². The third-order valence-corrected chi connectivity index (χ3v) is 5.91. The standard InChI is InChI=1S/C34H64N2O8/c1-31(2,3)41-27(37)17-23-35(24-18-28(38)42-32(4,5)6)21-15-13-14-16-22-36(25-19-29(39)43-33(7,8)9)26-20-30(40)44-34(10,11)12/h13-26H2,1-12H3. The lowest BCUT2D eigenvalue weighted by atomic mass is 10.1. The van der Waals surface area contributed by atoms with E-state index < -0.39 is 22.4 Å². The van der Waals surface area contributed by atoms with Gasteiger partial charge in [0.2, 0.25) is 0 Å². The van der Waals surface area contributed by atoms with Crippen LogP contribution >= 0.6 is 0 Å². The Morgan fingerprint density at radius 2 is 0.568 bits per heavy atom. The van der Waals surface area contributed by atoms with E-state index >= 15 is 0 Å². The molecular formula is C34H64N2O8. The molecule has 258 valence electrons. The van der Waals surface area contributed by atoms with E-state index in [9.17, 15) is 19.2 Å². The molecule has 0 spiro atoms. The van der Waals surface area contributed by atoms with Crippen LogP contribution in [0.1, 0.15) is 134 Å². The summed E-state index contributed by atoms with van der Waals surface area (Å²) in [5.41, 5.74) is -2.14. The maximum Gasteiger partial charge on any atom is 0.307 e. The molecule has 44 heavy (non-hydrogen) atoms. The van der Waals surface area contributed by atoms with Gasteiger partial charge in [-0.15, -0.1) is 0 Å². The summed E-state index contributed by atoms with van der Waals surface area (Å²) in [4.78, 5) is 53.4. The van der Waals surface area contributed by atoms with Gasteiger partial charge in [-0.3, -0.25) is 19.2 Å². The van der Waals surface area contributed by atoms with Crippen LogP contribution in [0.25, 0.3) is 0 Å². The fraction of sp³-hybridized carbons (Fsp3) is 0.882. The Morgan fingerprint density at radius 3 is 0.750 bits per heavy atom. The van der Waals surface area contributed by atoms with E-state index in [1.807, 2.05) is 83.1 Å². The zero-order chi connectivity index (χ0) is 34.2. The molecule has 0 atom stereocenters. The van der Waals surface area contributed by atoms with Gasteiger partial charge in [-0.25, -0.2) is 0 Å². The minimum absolute atomic E-state index is 0.252. The van der Waals surface area contributed by atoms with Gasteiger partial charge in [0.15, 0.2) is 0 Å². The zero-order valence-electron chi connectivity index (χ0n) is 30.1. The third kappa shape index (κ3) is 27.4. The molecule has 0 radical (unpaired) electrons. The summed E-state index contributed by atoms with van der Waals surface area (Å²) >= 11 is 0. The molecule has 10 nitrogen and oxygen atoms in total. The Morgan fingerprint density at radius 1 is 0.364 bits per heavy atom. The highest BCUT2D eigenvalue weighted by Gasteiger charge is 2.21. The molecule has 0 aliphatic carbocycles. The maximum atomic E-state index is 12.3. The molecule has 0 aliphatic heterocycles. The first-order valence-corrected chi connectivity index (χ1v) is 16.3. The highest BCUT2D eigenvalue weighted by atomic mass is 16.6.